The van der Waals surface area contributed by atoms with E-state index in [-0.39, 0.29) is 0 Å². The van der Waals surface area contributed by atoms with E-state index < -0.39 is 0 Å². The van der Waals surface area contributed by atoms with Crippen molar-refractivity contribution in [3.8, 4) is 11.5 Å². The van der Waals surface area contributed by atoms with E-state index in [1.807, 2.05) is 24.3 Å². The molecule has 2 aromatic rings. The summed E-state index contributed by atoms with van der Waals surface area (Å²) in [5.41, 5.74) is 2.42. The maximum absolute atomic E-state index is 6.01. The van der Waals surface area contributed by atoms with Gasteiger partial charge in [-0.15, -0.1) is 0 Å². The summed E-state index contributed by atoms with van der Waals surface area (Å²) in [7, 11) is 0. The molecule has 0 radical (unpaired) electrons. The molecule has 0 fully saturated rings. The summed E-state index contributed by atoms with van der Waals surface area (Å²) in [5, 5.41) is 0.777. The Bertz CT molecular complexity index is 564. The molecule has 100 valence electrons. The van der Waals surface area contributed by atoms with Crippen LogP contribution in [0.1, 0.15) is 30.9 Å². The molecule has 3 heteroatoms. The Morgan fingerprint density at radius 3 is 2.58 bits per heavy atom. The lowest BCUT2D eigenvalue weighted by Gasteiger charge is -2.12. The van der Waals surface area contributed by atoms with Crippen molar-refractivity contribution in [1.82, 2.24) is 0 Å². The van der Waals surface area contributed by atoms with E-state index in [2.05, 4.69) is 63.9 Å². The lowest BCUT2D eigenvalue weighted by atomic mass is 10.0. The van der Waals surface area contributed by atoms with Gasteiger partial charge in [0.25, 0.3) is 0 Å². The average molecular weight is 384 g/mol. The maximum atomic E-state index is 6.01. The van der Waals surface area contributed by atoms with Gasteiger partial charge in [0.1, 0.15) is 11.5 Å². The Morgan fingerprint density at radius 2 is 1.89 bits per heavy atom. The van der Waals surface area contributed by atoms with Gasteiger partial charge in [0.15, 0.2) is 0 Å². The fourth-order valence-corrected chi connectivity index (χ4v) is 2.60. The predicted molar refractivity (Wildman–Crippen MR) is 87.4 cm³/mol. The first-order valence-corrected chi connectivity index (χ1v) is 8.14. The SMILES string of the molecule is CC(C)c1cccc(Oc2cc(Br)ccc2CBr)c1. The Balaban J connectivity index is 2.30. The number of ether oxygens (including phenoxy) is 1. The number of halogens is 2. The maximum Gasteiger partial charge on any atom is 0.132 e. The summed E-state index contributed by atoms with van der Waals surface area (Å²) in [6.07, 6.45) is 0. The number of hydrogen-bond acceptors (Lipinski definition) is 1. The Hall–Kier alpha value is -0.800. The van der Waals surface area contributed by atoms with Gasteiger partial charge in [-0.05, 0) is 35.7 Å². The van der Waals surface area contributed by atoms with Crippen LogP contribution in [0.4, 0.5) is 0 Å². The molecule has 0 bridgehead atoms. The summed E-state index contributed by atoms with van der Waals surface area (Å²) in [5.74, 6) is 2.26. The Morgan fingerprint density at radius 1 is 1.11 bits per heavy atom. The van der Waals surface area contributed by atoms with Crippen LogP contribution in [-0.2, 0) is 5.33 Å². The van der Waals surface area contributed by atoms with E-state index >= 15 is 0 Å². The second-order valence-corrected chi connectivity index (χ2v) is 6.19. The quantitative estimate of drug-likeness (QED) is 0.566. The molecule has 2 aromatic carbocycles. The molecule has 0 heterocycles. The third kappa shape index (κ3) is 3.83. The van der Waals surface area contributed by atoms with Crippen molar-refractivity contribution >= 4 is 31.9 Å². The van der Waals surface area contributed by atoms with Crippen LogP contribution in [0.5, 0.6) is 11.5 Å². The zero-order chi connectivity index (χ0) is 13.8. The molecule has 0 unspecified atom stereocenters. The molecule has 0 atom stereocenters. The van der Waals surface area contributed by atoms with Crippen LogP contribution in [0.3, 0.4) is 0 Å². The second kappa shape index (κ2) is 6.58. The van der Waals surface area contributed by atoms with Crippen LogP contribution >= 0.6 is 31.9 Å². The van der Waals surface area contributed by atoms with Gasteiger partial charge in [-0.1, -0.05) is 63.9 Å². The molecule has 0 spiro atoms. The van der Waals surface area contributed by atoms with Crippen molar-refractivity contribution in [2.75, 3.05) is 0 Å². The van der Waals surface area contributed by atoms with E-state index in [1.165, 1.54) is 5.56 Å². The van der Waals surface area contributed by atoms with E-state index in [9.17, 15) is 0 Å². The zero-order valence-corrected chi connectivity index (χ0v) is 14.2. The van der Waals surface area contributed by atoms with Gasteiger partial charge < -0.3 is 4.74 Å². The van der Waals surface area contributed by atoms with Gasteiger partial charge in [-0.3, -0.25) is 0 Å². The fraction of sp³-hybridized carbons (Fsp3) is 0.250. The largest absolute Gasteiger partial charge is 0.457 e. The Kier molecular flexibility index (Phi) is 5.06. The van der Waals surface area contributed by atoms with E-state index in [0.29, 0.717) is 5.92 Å². The molecule has 0 aliphatic rings. The van der Waals surface area contributed by atoms with Crippen LogP contribution in [0.2, 0.25) is 0 Å². The normalized spacial score (nSPS) is 10.8. The number of benzene rings is 2. The molecule has 2 rings (SSSR count). The molecule has 0 amide bonds. The minimum absolute atomic E-state index is 0.502. The lowest BCUT2D eigenvalue weighted by Crippen LogP contribution is -1.92. The van der Waals surface area contributed by atoms with Crippen molar-refractivity contribution < 1.29 is 4.74 Å². The van der Waals surface area contributed by atoms with Crippen molar-refractivity contribution in [1.29, 1.82) is 0 Å². The first kappa shape index (κ1) is 14.6. The van der Waals surface area contributed by atoms with Crippen molar-refractivity contribution in [3.05, 3.63) is 58.1 Å². The summed E-state index contributed by atoms with van der Waals surface area (Å²) in [6.45, 7) is 4.37. The lowest BCUT2D eigenvalue weighted by molar-refractivity contribution is 0.477. The van der Waals surface area contributed by atoms with E-state index in [1.54, 1.807) is 0 Å². The molecule has 0 saturated heterocycles. The van der Waals surface area contributed by atoms with Crippen molar-refractivity contribution in [2.24, 2.45) is 0 Å². The minimum atomic E-state index is 0.502. The third-order valence-electron chi connectivity index (χ3n) is 2.93. The molecule has 19 heavy (non-hydrogen) atoms. The summed E-state index contributed by atoms with van der Waals surface area (Å²) in [6, 6.07) is 14.3. The van der Waals surface area contributed by atoms with Crippen molar-refractivity contribution in [3.63, 3.8) is 0 Å². The van der Waals surface area contributed by atoms with Gasteiger partial charge >= 0.3 is 0 Å². The highest BCUT2D eigenvalue weighted by Gasteiger charge is 2.06. The highest BCUT2D eigenvalue weighted by molar-refractivity contribution is 9.10. The first-order valence-electron chi connectivity index (χ1n) is 6.22. The molecular formula is C16H16Br2O. The first-order chi connectivity index (χ1) is 9.10. The molecule has 0 aliphatic carbocycles. The molecule has 1 nitrogen and oxygen atoms in total. The zero-order valence-electron chi connectivity index (χ0n) is 11.0. The van der Waals surface area contributed by atoms with Crippen LogP contribution in [0.25, 0.3) is 0 Å². The Labute approximate surface area is 131 Å². The number of rotatable bonds is 4. The van der Waals surface area contributed by atoms with E-state index in [0.717, 1.165) is 26.9 Å². The molecule has 0 aromatic heterocycles. The summed E-state index contributed by atoms with van der Waals surface area (Å²) >= 11 is 6.97. The number of hydrogen-bond donors (Lipinski definition) is 0. The third-order valence-corrected chi connectivity index (χ3v) is 4.02. The van der Waals surface area contributed by atoms with Gasteiger partial charge in [-0.2, -0.15) is 0 Å². The molecule has 0 saturated carbocycles. The van der Waals surface area contributed by atoms with Crippen LogP contribution < -0.4 is 4.74 Å². The predicted octanol–water partition coefficient (Wildman–Crippen LogP) is 6.26. The van der Waals surface area contributed by atoms with E-state index in [4.69, 9.17) is 4.74 Å². The van der Waals surface area contributed by atoms with Gasteiger partial charge in [0.05, 0.1) is 0 Å². The smallest absolute Gasteiger partial charge is 0.132 e. The standard InChI is InChI=1S/C16H16Br2O/c1-11(2)12-4-3-5-15(8-12)19-16-9-14(18)7-6-13(16)10-17/h3-9,11H,10H2,1-2H3. The topological polar surface area (TPSA) is 9.23 Å². The number of alkyl halides is 1. The average Bonchev–Trinajstić information content (AvgIpc) is 2.39. The molecule has 0 aliphatic heterocycles. The van der Waals surface area contributed by atoms with Gasteiger partial charge in [-0.25, -0.2) is 0 Å². The molecular weight excluding hydrogens is 368 g/mol. The second-order valence-electron chi connectivity index (χ2n) is 4.71. The van der Waals surface area contributed by atoms with Crippen LogP contribution in [-0.4, -0.2) is 0 Å². The summed E-state index contributed by atoms with van der Waals surface area (Å²) < 4.78 is 7.03. The highest BCUT2D eigenvalue weighted by Crippen LogP contribution is 2.31. The van der Waals surface area contributed by atoms with Crippen LogP contribution in [0, 0.1) is 0 Å². The molecule has 0 N–H and O–H groups in total. The van der Waals surface area contributed by atoms with Crippen molar-refractivity contribution in [2.45, 2.75) is 25.1 Å². The summed E-state index contributed by atoms with van der Waals surface area (Å²) in [4.78, 5) is 0. The highest BCUT2D eigenvalue weighted by atomic mass is 79.9. The monoisotopic (exact) mass is 382 g/mol. The van der Waals surface area contributed by atoms with Crippen LogP contribution in [0.15, 0.2) is 46.9 Å². The minimum Gasteiger partial charge on any atom is -0.457 e. The fourth-order valence-electron chi connectivity index (χ4n) is 1.80. The van der Waals surface area contributed by atoms with Gasteiger partial charge in [0.2, 0.25) is 0 Å². The van der Waals surface area contributed by atoms with Gasteiger partial charge in [0, 0.05) is 15.4 Å².